The third kappa shape index (κ3) is 5.96. The van der Waals surface area contributed by atoms with E-state index in [9.17, 15) is 32.6 Å². The maximum atomic E-state index is 13.9. The lowest BCUT2D eigenvalue weighted by molar-refractivity contribution is -0.137. The van der Waals surface area contributed by atoms with Gasteiger partial charge in [0.1, 0.15) is 11.4 Å². The second-order valence-corrected chi connectivity index (χ2v) is 11.7. The number of carbonyl (C=O) groups excluding carboxylic acids is 1. The second kappa shape index (κ2) is 12.1. The number of piperidine rings is 1. The summed E-state index contributed by atoms with van der Waals surface area (Å²) >= 11 is -1.10. The van der Waals surface area contributed by atoms with Crippen LogP contribution in [0.4, 0.5) is 18.0 Å². The molecule has 1 atom stereocenters. The van der Waals surface area contributed by atoms with Crippen LogP contribution in [-0.4, -0.2) is 58.7 Å². The van der Waals surface area contributed by atoms with Crippen molar-refractivity contribution < 1.29 is 22.5 Å². The van der Waals surface area contributed by atoms with Crippen molar-refractivity contribution in [2.75, 3.05) is 18.8 Å². The molecule has 14 heteroatoms. The number of aromatic nitrogens is 4. The first-order chi connectivity index (χ1) is 20.5. The number of nitriles is 1. The Morgan fingerprint density at radius 2 is 1.84 bits per heavy atom. The molecule has 3 heterocycles. The van der Waals surface area contributed by atoms with Crippen LogP contribution in [0, 0.1) is 18.3 Å². The lowest BCUT2D eigenvalue weighted by Gasteiger charge is -2.31. The Kier molecular flexibility index (Phi) is 8.50. The molecule has 1 aliphatic heterocycles. The van der Waals surface area contributed by atoms with Crippen molar-refractivity contribution in [1.29, 1.82) is 5.26 Å². The fraction of sp³-hybridized carbons (Fsp3) is 0.310. The first-order valence-corrected chi connectivity index (χ1v) is 14.8. The minimum Gasteiger partial charge on any atom is -0.598 e. The third-order valence-electron chi connectivity index (χ3n) is 7.36. The van der Waals surface area contributed by atoms with Crippen LogP contribution >= 0.6 is 0 Å². The number of imidazole rings is 1. The summed E-state index contributed by atoms with van der Waals surface area (Å²) < 4.78 is 58.2. The molecule has 2 aromatic heterocycles. The highest BCUT2D eigenvalue weighted by atomic mass is 32.2. The highest BCUT2D eigenvalue weighted by molar-refractivity contribution is 7.89. The number of nitrogens with zero attached hydrogens (tertiary/aromatic N) is 6. The van der Waals surface area contributed by atoms with E-state index in [4.69, 9.17) is 0 Å². The zero-order valence-corrected chi connectivity index (χ0v) is 24.2. The van der Waals surface area contributed by atoms with E-state index < -0.39 is 34.8 Å². The smallest absolute Gasteiger partial charge is 0.416 e. The summed E-state index contributed by atoms with van der Waals surface area (Å²) in [6.45, 7) is 4.39. The number of hydrogen-bond acceptors (Lipinski definition) is 6. The molecule has 0 bridgehead atoms. The SMILES string of the molecule is CC[S+]([O-])N1CCC(NC(=O)n2c(-c3ccnn3-c3ccc(C#N)cc3)c(C)n(-c3cccc(C(F)(F)F)c3)c2=O)CC1. The zero-order valence-electron chi connectivity index (χ0n) is 23.3. The van der Waals surface area contributed by atoms with Crippen LogP contribution in [0.2, 0.25) is 0 Å². The largest absolute Gasteiger partial charge is 0.598 e. The Hall–Kier alpha value is -4.32. The molecule has 1 N–H and O–H groups in total. The Labute approximate surface area is 248 Å². The fourth-order valence-electron chi connectivity index (χ4n) is 5.21. The molecule has 1 amide bonds. The standard InChI is InChI=1S/C29H28F3N7O3S/c1-3-43(42)36-15-12-22(13-16-36)35-27(40)38-26(25-11-14-34-39(25)23-9-7-20(18-33)8-10-23)19(2)37(28(38)41)24-6-4-5-21(17-24)29(30,31)32/h4-11,14,17,22H,3,12-13,15-16H2,1-2H3,(H,35,40). The molecule has 1 saturated heterocycles. The maximum Gasteiger partial charge on any atom is 0.416 e. The Morgan fingerprint density at radius 1 is 1.14 bits per heavy atom. The number of amides is 1. The van der Waals surface area contributed by atoms with E-state index in [1.165, 1.54) is 23.0 Å². The molecule has 4 aromatic rings. The molecule has 2 aromatic carbocycles. The monoisotopic (exact) mass is 611 g/mol. The van der Waals surface area contributed by atoms with Crippen molar-refractivity contribution in [3.63, 3.8) is 0 Å². The van der Waals surface area contributed by atoms with Crippen LogP contribution in [0.1, 0.15) is 36.6 Å². The van der Waals surface area contributed by atoms with E-state index in [0.29, 0.717) is 48.6 Å². The zero-order chi connectivity index (χ0) is 30.9. The Balaban J connectivity index is 1.61. The van der Waals surface area contributed by atoms with Crippen molar-refractivity contribution in [2.24, 2.45) is 0 Å². The van der Waals surface area contributed by atoms with Gasteiger partial charge in [-0.25, -0.2) is 18.8 Å². The number of hydrogen-bond donors (Lipinski definition) is 1. The fourth-order valence-corrected chi connectivity index (χ4v) is 6.19. The first-order valence-electron chi connectivity index (χ1n) is 13.5. The predicted molar refractivity (Wildman–Crippen MR) is 154 cm³/mol. The van der Waals surface area contributed by atoms with Crippen molar-refractivity contribution >= 4 is 17.4 Å². The lowest BCUT2D eigenvalue weighted by atomic mass is 10.1. The minimum atomic E-state index is -4.64. The summed E-state index contributed by atoms with van der Waals surface area (Å²) in [6.07, 6.45) is -2.14. The molecule has 1 unspecified atom stereocenters. The Morgan fingerprint density at radius 3 is 2.47 bits per heavy atom. The van der Waals surface area contributed by atoms with E-state index in [2.05, 4.69) is 10.4 Å². The number of carbonyl (C=O) groups is 1. The van der Waals surface area contributed by atoms with Gasteiger partial charge >= 0.3 is 17.9 Å². The van der Waals surface area contributed by atoms with Gasteiger partial charge in [0.05, 0.1) is 46.2 Å². The van der Waals surface area contributed by atoms with Gasteiger partial charge in [-0.1, -0.05) is 6.07 Å². The van der Waals surface area contributed by atoms with Gasteiger partial charge in [-0.3, -0.25) is 4.57 Å². The minimum absolute atomic E-state index is 0.0510. The molecule has 5 rings (SSSR count). The number of nitrogens with one attached hydrogen (secondary N) is 1. The predicted octanol–water partition coefficient (Wildman–Crippen LogP) is 4.40. The van der Waals surface area contributed by atoms with Crippen molar-refractivity contribution in [3.8, 4) is 28.8 Å². The van der Waals surface area contributed by atoms with Crippen molar-refractivity contribution in [3.05, 3.63) is 88.1 Å². The van der Waals surface area contributed by atoms with Gasteiger partial charge in [0.25, 0.3) is 0 Å². The normalized spacial score (nSPS) is 15.3. The van der Waals surface area contributed by atoms with E-state index in [1.807, 2.05) is 17.3 Å². The summed E-state index contributed by atoms with van der Waals surface area (Å²) in [5.74, 6) is 0.491. The number of rotatable bonds is 6. The van der Waals surface area contributed by atoms with Gasteiger partial charge in [-0.05, 0) is 75.2 Å². The number of halogens is 3. The third-order valence-corrected chi connectivity index (χ3v) is 8.80. The molecule has 1 fully saturated rings. The van der Waals surface area contributed by atoms with E-state index in [-0.39, 0.29) is 23.1 Å². The second-order valence-electron chi connectivity index (χ2n) is 9.99. The van der Waals surface area contributed by atoms with Gasteiger partial charge in [-0.15, -0.1) is 4.31 Å². The van der Waals surface area contributed by atoms with E-state index >= 15 is 0 Å². The summed E-state index contributed by atoms with van der Waals surface area (Å²) in [5.41, 5.74) is -0.154. The van der Waals surface area contributed by atoms with E-state index in [0.717, 1.165) is 21.3 Å². The molecule has 0 saturated carbocycles. The molecule has 10 nitrogen and oxygen atoms in total. The molecule has 1 aliphatic rings. The highest BCUT2D eigenvalue weighted by Crippen LogP contribution is 2.32. The summed E-state index contributed by atoms with van der Waals surface area (Å²) in [5, 5.41) is 16.4. The van der Waals surface area contributed by atoms with Gasteiger partial charge < -0.3 is 9.87 Å². The van der Waals surface area contributed by atoms with E-state index in [1.54, 1.807) is 37.3 Å². The first kappa shape index (κ1) is 30.1. The number of benzene rings is 2. The van der Waals surface area contributed by atoms with Crippen LogP contribution in [0.5, 0.6) is 0 Å². The molecular weight excluding hydrogens is 583 g/mol. The van der Waals surface area contributed by atoms with Crippen molar-refractivity contribution in [2.45, 2.75) is 38.9 Å². The molecule has 0 radical (unpaired) electrons. The average Bonchev–Trinajstić information content (AvgIpc) is 3.58. The Bertz CT molecular complexity index is 1730. The molecule has 43 heavy (non-hydrogen) atoms. The maximum absolute atomic E-state index is 13.9. The van der Waals surface area contributed by atoms with Gasteiger partial charge in [0.2, 0.25) is 0 Å². The average molecular weight is 612 g/mol. The molecule has 0 spiro atoms. The summed E-state index contributed by atoms with van der Waals surface area (Å²) in [6, 6.07) is 13.4. The van der Waals surface area contributed by atoms with Crippen molar-refractivity contribution in [1.82, 2.24) is 28.5 Å². The van der Waals surface area contributed by atoms with Gasteiger partial charge in [-0.2, -0.15) is 23.5 Å². The highest BCUT2D eigenvalue weighted by Gasteiger charge is 2.33. The quantitative estimate of drug-likeness (QED) is 0.323. The molecule has 224 valence electrons. The molecular formula is C29H28F3N7O3S. The van der Waals surface area contributed by atoms with Gasteiger partial charge in [0.15, 0.2) is 0 Å². The van der Waals surface area contributed by atoms with Crippen LogP contribution in [-0.2, 0) is 17.5 Å². The van der Waals surface area contributed by atoms with Crippen LogP contribution in [0.3, 0.4) is 0 Å². The number of alkyl halides is 3. The topological polar surface area (TPSA) is 124 Å². The van der Waals surface area contributed by atoms with Crippen LogP contribution in [0.25, 0.3) is 22.8 Å². The summed E-state index contributed by atoms with van der Waals surface area (Å²) in [4.78, 5) is 27.7. The van der Waals surface area contributed by atoms with Crippen LogP contribution in [0.15, 0.2) is 65.6 Å². The lowest BCUT2D eigenvalue weighted by Crippen LogP contribution is -2.49. The molecule has 0 aliphatic carbocycles. The van der Waals surface area contributed by atoms with Crippen LogP contribution < -0.4 is 11.0 Å². The van der Waals surface area contributed by atoms with Gasteiger partial charge in [0, 0.05) is 30.5 Å². The summed E-state index contributed by atoms with van der Waals surface area (Å²) in [7, 11) is 0.